The summed E-state index contributed by atoms with van der Waals surface area (Å²) in [5, 5.41) is 3.23. The lowest BCUT2D eigenvalue weighted by molar-refractivity contribution is -0.134. The Bertz CT molecular complexity index is 591. The van der Waals surface area contributed by atoms with E-state index in [0.717, 1.165) is 18.8 Å². The molecule has 2 aliphatic heterocycles. The summed E-state index contributed by atoms with van der Waals surface area (Å²) < 4.78 is 0. The Kier molecular flexibility index (Phi) is 3.82. The quantitative estimate of drug-likeness (QED) is 0.810. The van der Waals surface area contributed by atoms with E-state index in [1.54, 1.807) is 12.1 Å². The zero-order chi connectivity index (χ0) is 15.1. The second-order valence-corrected chi connectivity index (χ2v) is 6.31. The van der Waals surface area contributed by atoms with Crippen molar-refractivity contribution >= 4 is 40.7 Å². The number of rotatable bonds is 2. The van der Waals surface area contributed by atoms with E-state index >= 15 is 0 Å². The maximum atomic E-state index is 12.0. The van der Waals surface area contributed by atoms with Gasteiger partial charge in [0.05, 0.1) is 5.92 Å². The van der Waals surface area contributed by atoms with Crippen molar-refractivity contribution in [2.24, 2.45) is 5.73 Å². The number of hydrogen-bond acceptors (Lipinski definition) is 4. The van der Waals surface area contributed by atoms with Crippen LogP contribution in [0.25, 0.3) is 0 Å². The molecule has 0 radical (unpaired) electrons. The van der Waals surface area contributed by atoms with E-state index in [1.165, 1.54) is 0 Å². The minimum absolute atomic E-state index is 0.178. The fraction of sp³-hybridized carbons (Fsp3) is 0.429. The normalized spacial score (nSPS) is 23.0. The summed E-state index contributed by atoms with van der Waals surface area (Å²) in [6.07, 6.45) is 0.726. The molecule has 2 saturated heterocycles. The van der Waals surface area contributed by atoms with Crippen LogP contribution < -0.4 is 16.0 Å². The molecular formula is C14H15Cl2N3O2. The van der Waals surface area contributed by atoms with Crippen LogP contribution in [0.2, 0.25) is 10.0 Å². The Balaban J connectivity index is 1.89. The molecule has 0 aromatic heterocycles. The molecule has 0 bridgehead atoms. The van der Waals surface area contributed by atoms with Crippen molar-refractivity contribution in [3.8, 4) is 0 Å². The van der Waals surface area contributed by atoms with Crippen LogP contribution in [0.5, 0.6) is 0 Å². The van der Waals surface area contributed by atoms with E-state index in [-0.39, 0.29) is 17.9 Å². The van der Waals surface area contributed by atoms with Crippen LogP contribution in [0.4, 0.5) is 5.69 Å². The Morgan fingerprint density at radius 1 is 1.19 bits per heavy atom. The van der Waals surface area contributed by atoms with Gasteiger partial charge in [0.25, 0.3) is 0 Å². The van der Waals surface area contributed by atoms with Gasteiger partial charge in [-0.3, -0.25) is 14.9 Å². The lowest BCUT2D eigenvalue weighted by Crippen LogP contribution is -2.55. The van der Waals surface area contributed by atoms with Crippen LogP contribution in [0.15, 0.2) is 12.1 Å². The second-order valence-electron chi connectivity index (χ2n) is 5.49. The van der Waals surface area contributed by atoms with Gasteiger partial charge >= 0.3 is 0 Å². The first-order chi connectivity index (χ1) is 9.95. The summed E-state index contributed by atoms with van der Waals surface area (Å²) in [6, 6.07) is 3.79. The number of anilines is 1. The second kappa shape index (κ2) is 5.48. The van der Waals surface area contributed by atoms with Gasteiger partial charge in [-0.05, 0) is 18.6 Å². The van der Waals surface area contributed by atoms with Gasteiger partial charge in [0.1, 0.15) is 0 Å². The van der Waals surface area contributed by atoms with E-state index in [0.29, 0.717) is 28.5 Å². The third-order valence-electron chi connectivity index (χ3n) is 3.93. The number of piperidine rings is 1. The number of carbonyl (C=O) groups is 2. The number of nitrogens with two attached hydrogens (primary N) is 1. The number of imide groups is 1. The largest absolute Gasteiger partial charge is 0.368 e. The third-order valence-corrected chi connectivity index (χ3v) is 4.55. The summed E-state index contributed by atoms with van der Waals surface area (Å²) in [4.78, 5) is 25.3. The van der Waals surface area contributed by atoms with E-state index in [4.69, 9.17) is 28.9 Å². The highest BCUT2D eigenvalue weighted by atomic mass is 35.5. The van der Waals surface area contributed by atoms with Crippen molar-refractivity contribution in [2.45, 2.75) is 24.8 Å². The summed E-state index contributed by atoms with van der Waals surface area (Å²) in [5.41, 5.74) is 7.27. The van der Waals surface area contributed by atoms with Crippen LogP contribution in [0.1, 0.15) is 24.3 Å². The number of hydrogen-bond donors (Lipinski definition) is 2. The summed E-state index contributed by atoms with van der Waals surface area (Å²) in [6.45, 7) is 1.54. The molecule has 3 N–H and O–H groups in total. The molecule has 3 rings (SSSR count). The van der Waals surface area contributed by atoms with Crippen LogP contribution in [-0.2, 0) is 9.59 Å². The highest BCUT2D eigenvalue weighted by Gasteiger charge is 2.32. The van der Waals surface area contributed by atoms with Gasteiger partial charge in [0, 0.05) is 46.8 Å². The van der Waals surface area contributed by atoms with Crippen LogP contribution >= 0.6 is 23.2 Å². The van der Waals surface area contributed by atoms with Crippen molar-refractivity contribution in [2.75, 3.05) is 18.0 Å². The van der Waals surface area contributed by atoms with Gasteiger partial charge < -0.3 is 10.6 Å². The first kappa shape index (κ1) is 14.6. The molecule has 1 aromatic rings. The minimum atomic E-state index is -0.476. The Morgan fingerprint density at radius 2 is 1.81 bits per heavy atom. The molecule has 0 spiro atoms. The number of halogens is 2. The molecule has 0 saturated carbocycles. The fourth-order valence-corrected chi connectivity index (χ4v) is 3.52. The first-order valence-corrected chi connectivity index (χ1v) is 7.54. The zero-order valence-electron chi connectivity index (χ0n) is 11.2. The molecule has 112 valence electrons. The number of amides is 2. The average Bonchev–Trinajstić information content (AvgIpc) is 2.36. The predicted octanol–water partition coefficient (Wildman–Crippen LogP) is 1.66. The molecule has 0 aliphatic carbocycles. The lowest BCUT2D eigenvalue weighted by Gasteiger charge is -2.39. The maximum Gasteiger partial charge on any atom is 0.234 e. The highest BCUT2D eigenvalue weighted by molar-refractivity contribution is 6.37. The van der Waals surface area contributed by atoms with E-state index in [2.05, 4.69) is 10.2 Å². The van der Waals surface area contributed by atoms with Crippen LogP contribution in [0, 0.1) is 0 Å². The minimum Gasteiger partial charge on any atom is -0.368 e. The van der Waals surface area contributed by atoms with Gasteiger partial charge in [0.15, 0.2) is 0 Å². The van der Waals surface area contributed by atoms with Gasteiger partial charge in [-0.15, -0.1) is 0 Å². The van der Waals surface area contributed by atoms with E-state index in [1.807, 2.05) is 0 Å². The standard InChI is InChI=1S/C14H15Cl2N3O2/c15-10-3-8(19-5-7(17)6-19)4-11(16)13(10)9-1-2-12(20)18-14(9)21/h3-4,7,9H,1-2,5-6,17H2,(H,18,20,21). The van der Waals surface area contributed by atoms with Crippen molar-refractivity contribution in [1.29, 1.82) is 0 Å². The molecule has 2 fully saturated rings. The molecule has 1 aromatic carbocycles. The molecular weight excluding hydrogens is 313 g/mol. The van der Waals surface area contributed by atoms with E-state index < -0.39 is 5.92 Å². The van der Waals surface area contributed by atoms with Gasteiger partial charge in [-0.2, -0.15) is 0 Å². The maximum absolute atomic E-state index is 12.0. The van der Waals surface area contributed by atoms with Crippen molar-refractivity contribution in [3.63, 3.8) is 0 Å². The van der Waals surface area contributed by atoms with Crippen molar-refractivity contribution in [3.05, 3.63) is 27.7 Å². The van der Waals surface area contributed by atoms with Gasteiger partial charge in [-0.25, -0.2) is 0 Å². The molecule has 1 atom stereocenters. The van der Waals surface area contributed by atoms with E-state index in [9.17, 15) is 9.59 Å². The smallest absolute Gasteiger partial charge is 0.234 e. The molecule has 2 heterocycles. The molecule has 2 aliphatic rings. The summed E-state index contributed by atoms with van der Waals surface area (Å²) in [5.74, 6) is -1.07. The zero-order valence-corrected chi connectivity index (χ0v) is 12.7. The van der Waals surface area contributed by atoms with Crippen LogP contribution in [0.3, 0.4) is 0 Å². The average molecular weight is 328 g/mol. The van der Waals surface area contributed by atoms with Gasteiger partial charge in [-0.1, -0.05) is 23.2 Å². The van der Waals surface area contributed by atoms with Crippen LogP contribution in [-0.4, -0.2) is 30.9 Å². The number of carbonyl (C=O) groups excluding carboxylic acids is 2. The van der Waals surface area contributed by atoms with Crippen molar-refractivity contribution in [1.82, 2.24) is 5.32 Å². The SMILES string of the molecule is NC1CN(c2cc(Cl)c(C3CCC(=O)NC3=O)c(Cl)c2)C1. The lowest BCUT2D eigenvalue weighted by atomic mass is 9.90. The fourth-order valence-electron chi connectivity index (χ4n) is 2.78. The monoisotopic (exact) mass is 327 g/mol. The molecule has 7 heteroatoms. The third kappa shape index (κ3) is 2.73. The summed E-state index contributed by atoms with van der Waals surface area (Å²) in [7, 11) is 0. The Labute approximate surface area is 132 Å². The highest BCUT2D eigenvalue weighted by Crippen LogP contribution is 2.39. The topological polar surface area (TPSA) is 75.4 Å². The Hall–Kier alpha value is -1.30. The first-order valence-electron chi connectivity index (χ1n) is 6.79. The number of nitrogens with one attached hydrogen (secondary N) is 1. The number of benzene rings is 1. The number of nitrogens with zero attached hydrogens (tertiary/aromatic N) is 1. The van der Waals surface area contributed by atoms with Crippen molar-refractivity contribution < 1.29 is 9.59 Å². The summed E-state index contributed by atoms with van der Waals surface area (Å²) >= 11 is 12.6. The predicted molar refractivity (Wildman–Crippen MR) is 81.8 cm³/mol. The molecule has 2 amide bonds. The molecule has 21 heavy (non-hydrogen) atoms. The molecule has 5 nitrogen and oxygen atoms in total. The van der Waals surface area contributed by atoms with Gasteiger partial charge in [0.2, 0.25) is 11.8 Å². The Morgan fingerprint density at radius 3 is 2.33 bits per heavy atom. The molecule has 1 unspecified atom stereocenters.